The van der Waals surface area contributed by atoms with Crippen LogP contribution in [0.15, 0.2) is 0 Å². The Morgan fingerprint density at radius 1 is 1.41 bits per heavy atom. The second-order valence-electron chi connectivity index (χ2n) is 6.82. The van der Waals surface area contributed by atoms with Gasteiger partial charge in [0.05, 0.1) is 7.11 Å². The van der Waals surface area contributed by atoms with Crippen molar-refractivity contribution in [3.8, 4) is 0 Å². The van der Waals surface area contributed by atoms with Crippen molar-refractivity contribution in [2.75, 3.05) is 7.11 Å². The summed E-state index contributed by atoms with van der Waals surface area (Å²) in [5.74, 6) is 0.377. The van der Waals surface area contributed by atoms with E-state index in [1.54, 1.807) is 0 Å². The Morgan fingerprint density at radius 3 is 2.35 bits per heavy atom. The molecule has 1 spiro atoms. The van der Waals surface area contributed by atoms with Crippen molar-refractivity contribution in [3.63, 3.8) is 0 Å². The van der Waals surface area contributed by atoms with Crippen LogP contribution in [0.25, 0.3) is 0 Å². The maximum Gasteiger partial charge on any atom is 0.341 e. The van der Waals surface area contributed by atoms with Crippen molar-refractivity contribution in [2.24, 2.45) is 17.3 Å². The standard InChI is InChI=1S/C14H24O3/c1-9(2)14(11(15)16-6)13(17-14)8-12(4,5)7-10(13)3/h9-10H,7-8H2,1-6H3. The predicted molar refractivity (Wildman–Crippen MR) is 65.6 cm³/mol. The van der Waals surface area contributed by atoms with Gasteiger partial charge in [-0.05, 0) is 30.1 Å². The van der Waals surface area contributed by atoms with E-state index in [1.165, 1.54) is 7.11 Å². The molecule has 0 radical (unpaired) electrons. The number of hydrogen-bond acceptors (Lipinski definition) is 3. The molecule has 3 unspecified atom stereocenters. The Bertz CT molecular complexity index is 347. The number of hydrogen-bond donors (Lipinski definition) is 0. The lowest BCUT2D eigenvalue weighted by Gasteiger charge is -2.21. The summed E-state index contributed by atoms with van der Waals surface area (Å²) in [5.41, 5.74) is -0.725. The van der Waals surface area contributed by atoms with Gasteiger partial charge in [-0.2, -0.15) is 0 Å². The maximum atomic E-state index is 12.1. The minimum Gasteiger partial charge on any atom is -0.467 e. The van der Waals surface area contributed by atoms with Crippen molar-refractivity contribution >= 4 is 5.97 Å². The number of esters is 1. The molecule has 0 bridgehead atoms. The van der Waals surface area contributed by atoms with Crippen LogP contribution in [0.3, 0.4) is 0 Å². The Labute approximate surface area is 104 Å². The smallest absolute Gasteiger partial charge is 0.341 e. The van der Waals surface area contributed by atoms with Gasteiger partial charge in [0.2, 0.25) is 0 Å². The first kappa shape index (κ1) is 12.9. The van der Waals surface area contributed by atoms with Gasteiger partial charge in [-0.1, -0.05) is 34.6 Å². The monoisotopic (exact) mass is 240 g/mol. The van der Waals surface area contributed by atoms with Crippen LogP contribution in [0.1, 0.15) is 47.5 Å². The van der Waals surface area contributed by atoms with Crippen LogP contribution in [0.4, 0.5) is 0 Å². The third-order valence-electron chi connectivity index (χ3n) is 4.63. The zero-order valence-electron chi connectivity index (χ0n) is 11.8. The molecule has 0 aromatic rings. The molecular weight excluding hydrogens is 216 g/mol. The number of epoxide rings is 1. The van der Waals surface area contributed by atoms with Crippen LogP contribution in [0.2, 0.25) is 0 Å². The zero-order valence-corrected chi connectivity index (χ0v) is 11.8. The summed E-state index contributed by atoms with van der Waals surface area (Å²) < 4.78 is 11.0. The van der Waals surface area contributed by atoms with E-state index in [9.17, 15) is 4.79 Å². The zero-order chi connectivity index (χ0) is 13.1. The highest BCUT2D eigenvalue weighted by Gasteiger charge is 2.81. The molecule has 1 saturated heterocycles. The van der Waals surface area contributed by atoms with Gasteiger partial charge in [-0.25, -0.2) is 4.79 Å². The van der Waals surface area contributed by atoms with E-state index in [0.29, 0.717) is 5.92 Å². The molecule has 1 aliphatic heterocycles. The van der Waals surface area contributed by atoms with E-state index in [0.717, 1.165) is 12.8 Å². The van der Waals surface area contributed by atoms with Gasteiger partial charge in [0.15, 0.2) is 5.60 Å². The SMILES string of the molecule is COC(=O)C1(C(C)C)OC12CC(C)(C)CC2C. The lowest BCUT2D eigenvalue weighted by molar-refractivity contribution is -0.148. The lowest BCUT2D eigenvalue weighted by Crippen LogP contribution is -2.41. The predicted octanol–water partition coefficient (Wildman–Crippen LogP) is 2.78. The molecule has 0 amide bonds. The lowest BCUT2D eigenvalue weighted by atomic mass is 9.77. The fourth-order valence-corrected chi connectivity index (χ4v) is 4.06. The molecule has 3 atom stereocenters. The number of carbonyl (C=O) groups is 1. The van der Waals surface area contributed by atoms with E-state index in [4.69, 9.17) is 9.47 Å². The maximum absolute atomic E-state index is 12.1. The van der Waals surface area contributed by atoms with E-state index < -0.39 is 5.60 Å². The average Bonchev–Trinajstić information content (AvgIpc) is 2.80. The summed E-state index contributed by atoms with van der Waals surface area (Å²) in [5, 5.41) is 0. The summed E-state index contributed by atoms with van der Waals surface area (Å²) >= 11 is 0. The third kappa shape index (κ3) is 1.48. The van der Waals surface area contributed by atoms with Gasteiger partial charge in [0.1, 0.15) is 5.60 Å². The second kappa shape index (κ2) is 3.47. The molecule has 2 fully saturated rings. The summed E-state index contributed by atoms with van der Waals surface area (Å²) in [6, 6.07) is 0. The van der Waals surface area contributed by atoms with Crippen LogP contribution < -0.4 is 0 Å². The quantitative estimate of drug-likeness (QED) is 0.550. The van der Waals surface area contributed by atoms with E-state index in [2.05, 4.69) is 20.8 Å². The summed E-state index contributed by atoms with van der Waals surface area (Å²) in [7, 11) is 1.45. The van der Waals surface area contributed by atoms with Gasteiger partial charge in [0.25, 0.3) is 0 Å². The first-order valence-corrected chi connectivity index (χ1v) is 6.50. The molecule has 0 aromatic heterocycles. The van der Waals surface area contributed by atoms with Crippen LogP contribution in [-0.2, 0) is 14.3 Å². The largest absolute Gasteiger partial charge is 0.467 e. The summed E-state index contributed by atoms with van der Waals surface area (Å²) in [6.07, 6.45) is 2.06. The number of ether oxygens (including phenoxy) is 2. The van der Waals surface area contributed by atoms with Gasteiger partial charge in [-0.3, -0.25) is 0 Å². The normalized spacial score (nSPS) is 43.1. The molecule has 3 heteroatoms. The molecule has 2 rings (SSSR count). The fourth-order valence-electron chi connectivity index (χ4n) is 4.06. The molecule has 98 valence electrons. The molecule has 2 aliphatic rings. The highest BCUT2D eigenvalue weighted by atomic mass is 16.7. The van der Waals surface area contributed by atoms with Gasteiger partial charge in [0, 0.05) is 0 Å². The molecule has 3 nitrogen and oxygen atoms in total. The first-order valence-electron chi connectivity index (χ1n) is 6.50. The van der Waals surface area contributed by atoms with Crippen LogP contribution in [-0.4, -0.2) is 24.3 Å². The molecular formula is C14H24O3. The second-order valence-corrected chi connectivity index (χ2v) is 6.82. The van der Waals surface area contributed by atoms with Crippen LogP contribution >= 0.6 is 0 Å². The molecule has 17 heavy (non-hydrogen) atoms. The van der Waals surface area contributed by atoms with Crippen LogP contribution in [0.5, 0.6) is 0 Å². The van der Waals surface area contributed by atoms with E-state index >= 15 is 0 Å². The summed E-state index contributed by atoms with van der Waals surface area (Å²) in [6.45, 7) is 10.8. The summed E-state index contributed by atoms with van der Waals surface area (Å²) in [4.78, 5) is 12.1. The van der Waals surface area contributed by atoms with Crippen molar-refractivity contribution in [3.05, 3.63) is 0 Å². The molecule has 1 heterocycles. The Hall–Kier alpha value is -0.570. The van der Waals surface area contributed by atoms with Gasteiger partial charge in [-0.15, -0.1) is 0 Å². The molecule has 1 saturated carbocycles. The third-order valence-corrected chi connectivity index (χ3v) is 4.63. The molecule has 1 aliphatic carbocycles. The first-order chi connectivity index (χ1) is 7.72. The van der Waals surface area contributed by atoms with Gasteiger partial charge < -0.3 is 9.47 Å². The highest BCUT2D eigenvalue weighted by Crippen LogP contribution is 2.68. The van der Waals surface area contributed by atoms with Crippen molar-refractivity contribution in [1.29, 1.82) is 0 Å². The number of rotatable bonds is 2. The minimum atomic E-state index is -0.699. The van der Waals surface area contributed by atoms with Crippen molar-refractivity contribution in [1.82, 2.24) is 0 Å². The number of carbonyl (C=O) groups excluding carboxylic acids is 1. The molecule has 0 N–H and O–H groups in total. The Morgan fingerprint density at radius 2 is 2.00 bits per heavy atom. The van der Waals surface area contributed by atoms with E-state index in [-0.39, 0.29) is 22.9 Å². The topological polar surface area (TPSA) is 38.8 Å². The Kier molecular flexibility index (Phi) is 2.63. The van der Waals surface area contributed by atoms with Crippen LogP contribution in [0, 0.1) is 17.3 Å². The molecule has 0 aromatic carbocycles. The number of methoxy groups -OCH3 is 1. The van der Waals surface area contributed by atoms with Gasteiger partial charge >= 0.3 is 5.97 Å². The highest BCUT2D eigenvalue weighted by molar-refractivity contribution is 5.85. The van der Waals surface area contributed by atoms with E-state index in [1.807, 2.05) is 13.8 Å². The van der Waals surface area contributed by atoms with Crippen molar-refractivity contribution < 1.29 is 14.3 Å². The van der Waals surface area contributed by atoms with Crippen molar-refractivity contribution in [2.45, 2.75) is 58.7 Å². The fraction of sp³-hybridized carbons (Fsp3) is 0.929. The Balaban J connectivity index is 2.34. The minimum absolute atomic E-state index is 0.159. The average molecular weight is 240 g/mol.